The van der Waals surface area contributed by atoms with Crippen LogP contribution in [-0.4, -0.2) is 60.0 Å². The van der Waals surface area contributed by atoms with Crippen molar-refractivity contribution < 1.29 is 4.79 Å². The minimum Gasteiger partial charge on any atom is -0.341 e. The third-order valence-corrected chi connectivity index (χ3v) is 3.94. The summed E-state index contributed by atoms with van der Waals surface area (Å²) in [5.74, 6) is 0.228. The summed E-state index contributed by atoms with van der Waals surface area (Å²) in [7, 11) is 1.90. The largest absolute Gasteiger partial charge is 0.341 e. The molecule has 1 aliphatic rings. The zero-order valence-corrected chi connectivity index (χ0v) is 12.8. The minimum atomic E-state index is -0.101. The van der Waals surface area contributed by atoms with E-state index in [1.807, 2.05) is 11.9 Å². The van der Waals surface area contributed by atoms with Crippen LogP contribution in [0.5, 0.6) is 0 Å². The van der Waals surface area contributed by atoms with Gasteiger partial charge in [-0.05, 0) is 34.6 Å². The van der Waals surface area contributed by atoms with Gasteiger partial charge in [-0.2, -0.15) is 0 Å². The zero-order valence-electron chi connectivity index (χ0n) is 12.8. The highest BCUT2D eigenvalue weighted by Crippen LogP contribution is 2.22. The summed E-state index contributed by atoms with van der Waals surface area (Å²) in [6.45, 7) is 14.7. The Hall–Kier alpha value is -0.610. The van der Waals surface area contributed by atoms with Crippen LogP contribution in [0.15, 0.2) is 0 Å². The molecule has 0 aromatic rings. The molecular formula is C14H29N3O. The number of hydrogen-bond acceptors (Lipinski definition) is 3. The van der Waals surface area contributed by atoms with Crippen molar-refractivity contribution in [2.75, 3.05) is 33.2 Å². The molecule has 1 N–H and O–H groups in total. The summed E-state index contributed by atoms with van der Waals surface area (Å²) < 4.78 is 0. The fraction of sp³-hybridized carbons (Fsp3) is 0.929. The van der Waals surface area contributed by atoms with Crippen molar-refractivity contribution in [1.29, 1.82) is 0 Å². The van der Waals surface area contributed by atoms with E-state index in [-0.39, 0.29) is 17.0 Å². The van der Waals surface area contributed by atoms with E-state index in [1.54, 1.807) is 0 Å². The summed E-state index contributed by atoms with van der Waals surface area (Å²) in [6, 6.07) is 0. The number of nitrogens with zero attached hydrogens (tertiary/aromatic N) is 2. The van der Waals surface area contributed by atoms with Crippen LogP contribution >= 0.6 is 0 Å². The van der Waals surface area contributed by atoms with Gasteiger partial charge in [0.2, 0.25) is 5.91 Å². The first kappa shape index (κ1) is 15.4. The fourth-order valence-electron chi connectivity index (χ4n) is 2.24. The lowest BCUT2D eigenvalue weighted by Crippen LogP contribution is -2.55. The summed E-state index contributed by atoms with van der Waals surface area (Å²) in [4.78, 5) is 16.6. The van der Waals surface area contributed by atoms with Crippen molar-refractivity contribution in [1.82, 2.24) is 15.1 Å². The maximum absolute atomic E-state index is 12.3. The molecule has 106 valence electrons. The van der Waals surface area contributed by atoms with Crippen LogP contribution in [0, 0.1) is 0 Å². The number of carbonyl (C=O) groups is 1. The number of rotatable bonds is 3. The first-order chi connectivity index (χ1) is 8.14. The molecule has 1 amide bonds. The Morgan fingerprint density at radius 3 is 2.11 bits per heavy atom. The topological polar surface area (TPSA) is 35.6 Å². The Balaban J connectivity index is 2.61. The van der Waals surface area contributed by atoms with Crippen LogP contribution in [0.1, 0.15) is 41.0 Å². The highest BCUT2D eigenvalue weighted by Gasteiger charge is 2.33. The van der Waals surface area contributed by atoms with Gasteiger partial charge in [0.05, 0.1) is 0 Å². The van der Waals surface area contributed by atoms with Crippen molar-refractivity contribution in [2.24, 2.45) is 0 Å². The normalized spacial score (nSPS) is 18.8. The Kier molecular flexibility index (Phi) is 4.78. The van der Waals surface area contributed by atoms with Crippen LogP contribution < -0.4 is 5.32 Å². The molecule has 18 heavy (non-hydrogen) atoms. The fourth-order valence-corrected chi connectivity index (χ4v) is 2.24. The van der Waals surface area contributed by atoms with E-state index >= 15 is 0 Å². The third-order valence-electron chi connectivity index (χ3n) is 3.94. The summed E-state index contributed by atoms with van der Waals surface area (Å²) >= 11 is 0. The molecule has 1 heterocycles. The molecular weight excluding hydrogens is 226 g/mol. The first-order valence-corrected chi connectivity index (χ1v) is 6.87. The van der Waals surface area contributed by atoms with E-state index in [2.05, 4.69) is 44.8 Å². The van der Waals surface area contributed by atoms with Crippen molar-refractivity contribution in [3.05, 3.63) is 0 Å². The Bertz CT molecular complexity index is 288. The van der Waals surface area contributed by atoms with Gasteiger partial charge in [0.1, 0.15) is 0 Å². The number of carbonyl (C=O) groups excluding carboxylic acids is 1. The molecule has 0 spiro atoms. The molecule has 4 nitrogen and oxygen atoms in total. The average Bonchev–Trinajstić information content (AvgIpc) is 2.27. The van der Waals surface area contributed by atoms with E-state index in [9.17, 15) is 4.79 Å². The second-order valence-electron chi connectivity index (χ2n) is 6.85. The lowest BCUT2D eigenvalue weighted by atomic mass is 9.95. The lowest BCUT2D eigenvalue weighted by molar-refractivity contribution is -0.137. The van der Waals surface area contributed by atoms with Crippen LogP contribution in [-0.2, 0) is 4.79 Å². The Morgan fingerprint density at radius 2 is 1.67 bits per heavy atom. The van der Waals surface area contributed by atoms with Crippen molar-refractivity contribution in [3.63, 3.8) is 0 Å². The monoisotopic (exact) mass is 255 g/mol. The summed E-state index contributed by atoms with van der Waals surface area (Å²) in [6.07, 6.45) is 0.584. The maximum Gasteiger partial charge on any atom is 0.224 e. The quantitative estimate of drug-likeness (QED) is 0.826. The van der Waals surface area contributed by atoms with Crippen LogP contribution in [0.25, 0.3) is 0 Å². The van der Waals surface area contributed by atoms with E-state index < -0.39 is 0 Å². The Morgan fingerprint density at radius 1 is 1.17 bits per heavy atom. The molecule has 0 aromatic carbocycles. The molecule has 0 saturated carbocycles. The standard InChI is InChI=1S/C14H29N3O/c1-13(2,3)16(6)12(18)11-14(4,5)17-9-7-15-8-10-17/h15H,7-11H2,1-6H3. The van der Waals surface area contributed by atoms with Gasteiger partial charge in [-0.3, -0.25) is 9.69 Å². The molecule has 0 bridgehead atoms. The van der Waals surface area contributed by atoms with Gasteiger partial charge >= 0.3 is 0 Å². The molecule has 0 atom stereocenters. The maximum atomic E-state index is 12.3. The van der Waals surface area contributed by atoms with E-state index in [0.29, 0.717) is 6.42 Å². The second-order valence-corrected chi connectivity index (χ2v) is 6.85. The molecule has 0 aliphatic carbocycles. The van der Waals surface area contributed by atoms with Crippen molar-refractivity contribution in [3.8, 4) is 0 Å². The van der Waals surface area contributed by atoms with Gasteiger partial charge in [0.25, 0.3) is 0 Å². The van der Waals surface area contributed by atoms with E-state index in [1.165, 1.54) is 0 Å². The second kappa shape index (κ2) is 5.57. The van der Waals surface area contributed by atoms with Crippen LogP contribution in [0.2, 0.25) is 0 Å². The summed E-state index contributed by atoms with van der Waals surface area (Å²) in [5, 5.41) is 3.35. The highest BCUT2D eigenvalue weighted by atomic mass is 16.2. The van der Waals surface area contributed by atoms with Crippen LogP contribution in [0.4, 0.5) is 0 Å². The smallest absolute Gasteiger partial charge is 0.224 e. The molecule has 4 heteroatoms. The predicted octanol–water partition coefficient (Wildman–Crippen LogP) is 1.32. The highest BCUT2D eigenvalue weighted by molar-refractivity contribution is 5.77. The van der Waals surface area contributed by atoms with Crippen LogP contribution in [0.3, 0.4) is 0 Å². The first-order valence-electron chi connectivity index (χ1n) is 6.87. The summed E-state index contributed by atoms with van der Waals surface area (Å²) in [5.41, 5.74) is -0.157. The predicted molar refractivity (Wildman–Crippen MR) is 75.7 cm³/mol. The number of nitrogens with one attached hydrogen (secondary N) is 1. The Labute approximate surface area is 112 Å². The molecule has 0 aromatic heterocycles. The molecule has 0 radical (unpaired) electrons. The molecule has 1 saturated heterocycles. The van der Waals surface area contributed by atoms with Gasteiger partial charge < -0.3 is 10.2 Å². The van der Waals surface area contributed by atoms with Gasteiger partial charge in [0, 0.05) is 50.7 Å². The van der Waals surface area contributed by atoms with Gasteiger partial charge in [-0.25, -0.2) is 0 Å². The molecule has 1 fully saturated rings. The number of hydrogen-bond donors (Lipinski definition) is 1. The number of piperazine rings is 1. The average molecular weight is 255 g/mol. The molecule has 0 unspecified atom stereocenters. The van der Waals surface area contributed by atoms with Crippen molar-refractivity contribution >= 4 is 5.91 Å². The zero-order chi connectivity index (χ0) is 14.0. The molecule has 1 aliphatic heterocycles. The van der Waals surface area contributed by atoms with E-state index in [4.69, 9.17) is 0 Å². The third kappa shape index (κ3) is 3.95. The van der Waals surface area contributed by atoms with Gasteiger partial charge in [-0.15, -0.1) is 0 Å². The lowest BCUT2D eigenvalue weighted by Gasteiger charge is -2.42. The SMILES string of the molecule is CN(C(=O)CC(C)(C)N1CCNCC1)C(C)(C)C. The molecule has 1 rings (SSSR count). The van der Waals surface area contributed by atoms with Gasteiger partial charge in [-0.1, -0.05) is 0 Å². The number of amides is 1. The minimum absolute atomic E-state index is 0.0569. The van der Waals surface area contributed by atoms with Gasteiger partial charge in [0.15, 0.2) is 0 Å². The van der Waals surface area contributed by atoms with Crippen molar-refractivity contribution in [2.45, 2.75) is 52.1 Å². The van der Waals surface area contributed by atoms with E-state index in [0.717, 1.165) is 26.2 Å².